The molecule has 2 amide bonds. The van der Waals surface area contributed by atoms with Crippen LogP contribution in [0.2, 0.25) is 0 Å². The summed E-state index contributed by atoms with van der Waals surface area (Å²) in [6.45, 7) is 14.7. The third-order valence-electron chi connectivity index (χ3n) is 10.4. The highest BCUT2D eigenvalue weighted by atomic mass is 16.2. The Labute approximate surface area is 295 Å². The number of fused-ring (bicyclic) bond motifs is 3. The molecule has 1 saturated heterocycles. The van der Waals surface area contributed by atoms with Crippen molar-refractivity contribution in [1.82, 2.24) is 35.1 Å². The van der Waals surface area contributed by atoms with Gasteiger partial charge in [0.25, 0.3) is 0 Å². The number of rotatable bonds is 11. The van der Waals surface area contributed by atoms with Gasteiger partial charge in [-0.15, -0.1) is 0 Å². The lowest BCUT2D eigenvalue weighted by Crippen LogP contribution is -2.47. The Hall–Kier alpha value is -4.32. The normalized spacial score (nSPS) is 17.7. The fourth-order valence-electron chi connectivity index (χ4n) is 7.10. The van der Waals surface area contributed by atoms with Gasteiger partial charge in [0.1, 0.15) is 11.6 Å². The Morgan fingerprint density at radius 3 is 2.34 bits per heavy atom. The van der Waals surface area contributed by atoms with Crippen LogP contribution in [0, 0.1) is 11.8 Å². The van der Waals surface area contributed by atoms with Crippen LogP contribution < -0.4 is 16.8 Å². The second kappa shape index (κ2) is 14.9. The minimum Gasteiger partial charge on any atom is -0.343 e. The molecule has 11 nitrogen and oxygen atoms in total. The van der Waals surface area contributed by atoms with Gasteiger partial charge in [0.15, 0.2) is 0 Å². The number of carbonyl (C=O) groups is 2. The molecule has 6 rings (SSSR count). The Morgan fingerprint density at radius 1 is 0.940 bits per heavy atom. The first-order valence-corrected chi connectivity index (χ1v) is 18.2. The van der Waals surface area contributed by atoms with E-state index >= 15 is 0 Å². The van der Waals surface area contributed by atoms with E-state index in [4.69, 9.17) is 16.5 Å². The highest BCUT2D eigenvalue weighted by Gasteiger charge is 2.36. The first-order valence-electron chi connectivity index (χ1n) is 18.2. The summed E-state index contributed by atoms with van der Waals surface area (Å²) in [6, 6.07) is 13.7. The third-order valence-corrected chi connectivity index (χ3v) is 10.4. The molecule has 0 radical (unpaired) electrons. The van der Waals surface area contributed by atoms with Gasteiger partial charge in [0.05, 0.1) is 47.4 Å². The summed E-state index contributed by atoms with van der Waals surface area (Å²) >= 11 is 0. The minimum atomic E-state index is -0.539. The molecule has 2 aliphatic heterocycles. The number of nitrogens with two attached hydrogens (primary N) is 2. The van der Waals surface area contributed by atoms with Crippen LogP contribution in [-0.2, 0) is 22.7 Å². The molecule has 1 fully saturated rings. The van der Waals surface area contributed by atoms with Crippen molar-refractivity contribution in [3.63, 3.8) is 0 Å². The monoisotopic (exact) mass is 679 g/mol. The van der Waals surface area contributed by atoms with E-state index < -0.39 is 12.1 Å². The van der Waals surface area contributed by atoms with Gasteiger partial charge in [-0.05, 0) is 66.3 Å². The average Bonchev–Trinajstić information content (AvgIpc) is 3.88. The second-order valence-electron chi connectivity index (χ2n) is 14.6. The Kier molecular flexibility index (Phi) is 10.6. The van der Waals surface area contributed by atoms with Crippen LogP contribution in [0.1, 0.15) is 95.8 Å². The molecule has 2 aliphatic rings. The Balaban J connectivity index is 1.19. The number of aromatic nitrogens is 4. The van der Waals surface area contributed by atoms with Crippen molar-refractivity contribution in [2.75, 3.05) is 13.1 Å². The summed E-state index contributed by atoms with van der Waals surface area (Å²) in [7, 11) is 0. The quantitative estimate of drug-likeness (QED) is 0.137. The van der Waals surface area contributed by atoms with Gasteiger partial charge >= 0.3 is 0 Å². The summed E-state index contributed by atoms with van der Waals surface area (Å²) in [5, 5.41) is 3.57. The maximum atomic E-state index is 13.2. The van der Waals surface area contributed by atoms with Crippen molar-refractivity contribution in [1.29, 1.82) is 0 Å². The Bertz CT molecular complexity index is 1810. The molecule has 2 aromatic carbocycles. The predicted molar refractivity (Wildman–Crippen MR) is 197 cm³/mol. The number of carbonyl (C=O) groups excluding carboxylic acids is 2. The fourth-order valence-corrected chi connectivity index (χ4v) is 7.10. The number of H-pyrrole nitrogens is 2. The number of hydrogen-bond donors (Lipinski definition) is 5. The molecular formula is C39H53N9O2. The predicted octanol–water partition coefficient (Wildman–Crippen LogP) is 5.67. The van der Waals surface area contributed by atoms with Crippen molar-refractivity contribution in [3.8, 4) is 33.6 Å². The average molecular weight is 680 g/mol. The summed E-state index contributed by atoms with van der Waals surface area (Å²) in [5.41, 5.74) is 20.9. The van der Waals surface area contributed by atoms with E-state index in [-0.39, 0.29) is 35.7 Å². The van der Waals surface area contributed by atoms with E-state index in [2.05, 4.69) is 69.7 Å². The largest absolute Gasteiger partial charge is 0.343 e. The molecule has 4 atom stereocenters. The number of imidazole rings is 2. The van der Waals surface area contributed by atoms with Crippen LogP contribution >= 0.6 is 0 Å². The summed E-state index contributed by atoms with van der Waals surface area (Å²) < 4.78 is 0. The molecule has 0 spiro atoms. The molecule has 2 aromatic heterocycles. The van der Waals surface area contributed by atoms with Crippen LogP contribution in [0.25, 0.3) is 33.6 Å². The molecule has 0 aliphatic carbocycles. The van der Waals surface area contributed by atoms with Crippen LogP contribution in [0.5, 0.6) is 0 Å². The van der Waals surface area contributed by atoms with E-state index in [9.17, 15) is 9.59 Å². The van der Waals surface area contributed by atoms with E-state index in [1.165, 1.54) is 5.56 Å². The van der Waals surface area contributed by atoms with Crippen molar-refractivity contribution in [3.05, 3.63) is 71.6 Å². The molecule has 0 unspecified atom stereocenters. The Morgan fingerprint density at radius 2 is 1.64 bits per heavy atom. The van der Waals surface area contributed by atoms with E-state index in [1.54, 1.807) is 0 Å². The van der Waals surface area contributed by atoms with Gasteiger partial charge in [0.2, 0.25) is 11.8 Å². The van der Waals surface area contributed by atoms with E-state index in [0.29, 0.717) is 19.6 Å². The van der Waals surface area contributed by atoms with Crippen molar-refractivity contribution in [2.45, 2.75) is 98.1 Å². The first kappa shape index (κ1) is 35.5. The number of nitrogens with zero attached hydrogens (tertiary/aromatic N) is 4. The molecule has 4 aromatic rings. The zero-order chi connectivity index (χ0) is 35.7. The molecule has 11 heteroatoms. The minimum absolute atomic E-state index is 0.00298. The number of likely N-dealkylation sites (tertiary alicyclic amines) is 1. The number of hydrogen-bond acceptors (Lipinski definition) is 7. The van der Waals surface area contributed by atoms with Crippen LogP contribution in [0.3, 0.4) is 0 Å². The number of nitrogens with one attached hydrogen (secondary N) is 3. The number of benzene rings is 2. The standard InChI is InChI=1S/C39H53N9O2/c1-7-16-47(38(49)33(40)22(2)3)24(6)36-43-21-30(44-36)26-12-10-25(11-13-26)27-14-15-29-28(18-27)19-42-20-31-35(29)46-37(45-31)32-9-8-17-48(32)39(50)34(41)23(4)5/h10-15,18,21-24,32-34,42H,7-9,16-17,19-20,40-41H2,1-6H3,(H,43,44)(H,45,46)/t24-,32-,33-,34-/m0/s1. The zero-order valence-corrected chi connectivity index (χ0v) is 30.3. The van der Waals surface area contributed by atoms with Gasteiger partial charge in [0, 0.05) is 31.7 Å². The number of aromatic amines is 2. The third kappa shape index (κ3) is 6.99. The lowest BCUT2D eigenvalue weighted by molar-refractivity contribution is -0.136. The summed E-state index contributed by atoms with van der Waals surface area (Å²) in [4.78, 5) is 46.9. The molecule has 7 N–H and O–H groups in total. The van der Waals surface area contributed by atoms with Crippen LogP contribution in [0.15, 0.2) is 48.7 Å². The van der Waals surface area contributed by atoms with Gasteiger partial charge in [-0.3, -0.25) is 9.59 Å². The second-order valence-corrected chi connectivity index (χ2v) is 14.6. The zero-order valence-electron chi connectivity index (χ0n) is 30.3. The lowest BCUT2D eigenvalue weighted by atomic mass is 9.96. The fraction of sp³-hybridized carbons (Fsp3) is 0.487. The van der Waals surface area contributed by atoms with Gasteiger partial charge in [-0.25, -0.2) is 9.97 Å². The smallest absolute Gasteiger partial charge is 0.240 e. The van der Waals surface area contributed by atoms with Crippen LogP contribution in [0.4, 0.5) is 0 Å². The van der Waals surface area contributed by atoms with Crippen molar-refractivity contribution in [2.24, 2.45) is 23.3 Å². The maximum absolute atomic E-state index is 13.2. The highest BCUT2D eigenvalue weighted by Crippen LogP contribution is 2.37. The van der Waals surface area contributed by atoms with Crippen LogP contribution in [-0.4, -0.2) is 66.7 Å². The lowest BCUT2D eigenvalue weighted by Gasteiger charge is -2.31. The highest BCUT2D eigenvalue weighted by molar-refractivity contribution is 5.83. The van der Waals surface area contributed by atoms with Gasteiger partial charge < -0.3 is 36.6 Å². The summed E-state index contributed by atoms with van der Waals surface area (Å²) in [6.07, 6.45) is 4.49. The van der Waals surface area contributed by atoms with E-state index in [1.807, 2.05) is 50.6 Å². The molecule has 50 heavy (non-hydrogen) atoms. The molecule has 0 bridgehead atoms. The van der Waals surface area contributed by atoms with Crippen molar-refractivity contribution >= 4 is 11.8 Å². The topological polar surface area (TPSA) is 162 Å². The summed E-state index contributed by atoms with van der Waals surface area (Å²) in [5.74, 6) is 1.68. The molecule has 0 saturated carbocycles. The molecular weight excluding hydrogens is 626 g/mol. The SMILES string of the molecule is CCCN(C(=O)[C@@H](N)C(C)C)[C@@H](C)c1ncc(-c2ccc(-c3ccc4c(c3)CNCc3[nH]c([C@@H]5CCCN5C(=O)[C@@H](N)C(C)C)nc3-4)cc2)[nH]1. The van der Waals surface area contributed by atoms with Gasteiger partial charge in [-0.1, -0.05) is 71.0 Å². The molecule has 4 heterocycles. The van der Waals surface area contributed by atoms with Gasteiger partial charge in [-0.2, -0.15) is 0 Å². The number of amides is 2. The van der Waals surface area contributed by atoms with E-state index in [0.717, 1.165) is 76.8 Å². The van der Waals surface area contributed by atoms with Crippen molar-refractivity contribution < 1.29 is 9.59 Å². The molecule has 266 valence electrons. The maximum Gasteiger partial charge on any atom is 0.240 e. The first-order chi connectivity index (χ1) is 24.0.